The van der Waals surface area contributed by atoms with Crippen molar-refractivity contribution in [2.75, 3.05) is 45.1 Å². The second-order valence-corrected chi connectivity index (χ2v) is 6.87. The lowest BCUT2D eigenvalue weighted by Crippen LogP contribution is -2.58. The van der Waals surface area contributed by atoms with Crippen molar-refractivity contribution in [3.8, 4) is 0 Å². The second-order valence-electron chi connectivity index (χ2n) is 6.44. The van der Waals surface area contributed by atoms with Gasteiger partial charge in [0.1, 0.15) is 5.82 Å². The van der Waals surface area contributed by atoms with Crippen molar-refractivity contribution in [2.24, 2.45) is 0 Å². The van der Waals surface area contributed by atoms with Gasteiger partial charge in [-0.2, -0.15) is 0 Å². The van der Waals surface area contributed by atoms with E-state index in [0.29, 0.717) is 10.6 Å². The molecule has 5 heteroatoms. The zero-order chi connectivity index (χ0) is 14.7. The number of hydrogen-bond donors (Lipinski definition) is 1. The zero-order valence-corrected chi connectivity index (χ0v) is 13.6. The molecule has 2 aliphatic rings. The number of anilines is 1. The Morgan fingerprint density at radius 3 is 2.52 bits per heavy atom. The smallest absolute Gasteiger partial charge is 0.126 e. The summed E-state index contributed by atoms with van der Waals surface area (Å²) < 4.78 is 0. The predicted molar refractivity (Wildman–Crippen MR) is 88.0 cm³/mol. The molecule has 0 unspecified atom stereocenters. The van der Waals surface area contributed by atoms with Gasteiger partial charge >= 0.3 is 0 Å². The van der Waals surface area contributed by atoms with Crippen molar-refractivity contribution >= 4 is 17.4 Å². The molecule has 0 amide bonds. The predicted octanol–water partition coefficient (Wildman–Crippen LogP) is 2.71. The number of pyridine rings is 1. The number of aromatic nitrogens is 1. The Labute approximate surface area is 132 Å². The standard InChI is InChI=1S/C16H25ClN4/c1-20-8-10-21(11-9-20)16(6-2-3-7-16)13-19-15-5-4-14(17)12-18-15/h4-5,12H,2-3,6-11,13H2,1H3,(H,18,19). The molecule has 2 heterocycles. The summed E-state index contributed by atoms with van der Waals surface area (Å²) in [5.74, 6) is 0.930. The molecular formula is C16H25ClN4. The highest BCUT2D eigenvalue weighted by Crippen LogP contribution is 2.36. The monoisotopic (exact) mass is 308 g/mol. The summed E-state index contributed by atoms with van der Waals surface area (Å²) in [6.07, 6.45) is 7.01. The lowest BCUT2D eigenvalue weighted by molar-refractivity contribution is 0.0510. The molecule has 1 N–H and O–H groups in total. The first-order valence-corrected chi connectivity index (χ1v) is 8.35. The van der Waals surface area contributed by atoms with Crippen LogP contribution >= 0.6 is 11.6 Å². The SMILES string of the molecule is CN1CCN(C2(CNc3ccc(Cl)cn3)CCCC2)CC1. The second kappa shape index (κ2) is 6.51. The largest absolute Gasteiger partial charge is 0.368 e. The topological polar surface area (TPSA) is 31.4 Å². The molecule has 0 bridgehead atoms. The highest BCUT2D eigenvalue weighted by atomic mass is 35.5. The van der Waals surface area contributed by atoms with Crippen LogP contribution in [0.5, 0.6) is 0 Å². The van der Waals surface area contributed by atoms with Gasteiger partial charge in [-0.15, -0.1) is 0 Å². The van der Waals surface area contributed by atoms with Crippen LogP contribution in [0.1, 0.15) is 25.7 Å². The molecule has 21 heavy (non-hydrogen) atoms. The molecule has 1 aromatic rings. The molecule has 4 nitrogen and oxygen atoms in total. The average Bonchev–Trinajstić information content (AvgIpc) is 2.97. The summed E-state index contributed by atoms with van der Waals surface area (Å²) in [7, 11) is 2.22. The number of hydrogen-bond acceptors (Lipinski definition) is 4. The Morgan fingerprint density at radius 2 is 1.90 bits per heavy atom. The quantitative estimate of drug-likeness (QED) is 0.927. The number of nitrogens with one attached hydrogen (secondary N) is 1. The van der Waals surface area contributed by atoms with Gasteiger partial charge in [-0.3, -0.25) is 4.90 Å². The molecule has 1 aromatic heterocycles. The van der Waals surface area contributed by atoms with Crippen LogP contribution in [-0.2, 0) is 0 Å². The highest BCUT2D eigenvalue weighted by molar-refractivity contribution is 6.30. The maximum Gasteiger partial charge on any atom is 0.126 e. The Morgan fingerprint density at radius 1 is 1.19 bits per heavy atom. The van der Waals surface area contributed by atoms with Crippen LogP contribution in [-0.4, -0.2) is 60.1 Å². The third-order valence-electron chi connectivity index (χ3n) is 5.03. The minimum atomic E-state index is 0.322. The average molecular weight is 309 g/mol. The van der Waals surface area contributed by atoms with Gasteiger partial charge in [0.05, 0.1) is 5.02 Å². The van der Waals surface area contributed by atoms with E-state index in [0.717, 1.165) is 12.4 Å². The number of nitrogens with zero attached hydrogens (tertiary/aromatic N) is 3. The van der Waals surface area contributed by atoms with Crippen molar-refractivity contribution < 1.29 is 0 Å². The van der Waals surface area contributed by atoms with Crippen molar-refractivity contribution in [3.63, 3.8) is 0 Å². The minimum absolute atomic E-state index is 0.322. The maximum atomic E-state index is 5.90. The van der Waals surface area contributed by atoms with Gasteiger partial charge in [-0.05, 0) is 32.0 Å². The molecule has 1 saturated heterocycles. The summed E-state index contributed by atoms with van der Waals surface area (Å²) >= 11 is 5.90. The van der Waals surface area contributed by atoms with Crippen molar-refractivity contribution in [3.05, 3.63) is 23.4 Å². The van der Waals surface area contributed by atoms with Crippen LogP contribution in [0.4, 0.5) is 5.82 Å². The summed E-state index contributed by atoms with van der Waals surface area (Å²) in [5.41, 5.74) is 0.322. The summed E-state index contributed by atoms with van der Waals surface area (Å²) in [6, 6.07) is 3.86. The third kappa shape index (κ3) is 3.50. The molecule has 0 aromatic carbocycles. The van der Waals surface area contributed by atoms with Crippen molar-refractivity contribution in [2.45, 2.75) is 31.2 Å². The van der Waals surface area contributed by atoms with Gasteiger partial charge in [0.25, 0.3) is 0 Å². The van der Waals surface area contributed by atoms with Gasteiger partial charge in [0, 0.05) is 44.5 Å². The van der Waals surface area contributed by atoms with Gasteiger partial charge in [0.15, 0.2) is 0 Å². The van der Waals surface area contributed by atoms with Crippen LogP contribution in [0, 0.1) is 0 Å². The van der Waals surface area contributed by atoms with Gasteiger partial charge < -0.3 is 10.2 Å². The van der Waals surface area contributed by atoms with Crippen molar-refractivity contribution in [1.29, 1.82) is 0 Å². The Bertz CT molecular complexity index is 448. The third-order valence-corrected chi connectivity index (χ3v) is 5.26. The summed E-state index contributed by atoms with van der Waals surface area (Å²) in [4.78, 5) is 9.49. The van der Waals surface area contributed by atoms with E-state index >= 15 is 0 Å². The van der Waals surface area contributed by atoms with E-state index in [1.54, 1.807) is 6.20 Å². The first-order valence-electron chi connectivity index (χ1n) is 7.97. The van der Waals surface area contributed by atoms with Crippen LogP contribution in [0.15, 0.2) is 18.3 Å². The lowest BCUT2D eigenvalue weighted by atomic mass is 9.93. The van der Waals surface area contributed by atoms with Gasteiger partial charge in [-0.1, -0.05) is 24.4 Å². The number of halogens is 1. The maximum absolute atomic E-state index is 5.90. The van der Waals surface area contributed by atoms with E-state index < -0.39 is 0 Å². The fraction of sp³-hybridized carbons (Fsp3) is 0.688. The lowest BCUT2D eigenvalue weighted by Gasteiger charge is -2.45. The van der Waals surface area contributed by atoms with E-state index in [1.807, 2.05) is 12.1 Å². The molecule has 2 fully saturated rings. The number of piperazine rings is 1. The zero-order valence-electron chi connectivity index (χ0n) is 12.8. The van der Waals surface area contributed by atoms with E-state index in [1.165, 1.54) is 51.9 Å². The minimum Gasteiger partial charge on any atom is -0.368 e. The van der Waals surface area contributed by atoms with Crippen LogP contribution < -0.4 is 5.32 Å². The summed E-state index contributed by atoms with van der Waals surface area (Å²) in [5, 5.41) is 4.23. The fourth-order valence-electron chi connectivity index (χ4n) is 3.65. The van der Waals surface area contributed by atoms with Crippen molar-refractivity contribution in [1.82, 2.24) is 14.8 Å². The molecule has 116 valence electrons. The normalized spacial score (nSPS) is 23.3. The number of likely N-dealkylation sites (N-methyl/N-ethyl adjacent to an activating group) is 1. The fourth-order valence-corrected chi connectivity index (χ4v) is 3.77. The first-order chi connectivity index (χ1) is 10.2. The highest BCUT2D eigenvalue weighted by Gasteiger charge is 2.40. The van der Waals surface area contributed by atoms with Gasteiger partial charge in [0.2, 0.25) is 0 Å². The van der Waals surface area contributed by atoms with E-state index in [4.69, 9.17) is 11.6 Å². The van der Waals surface area contributed by atoms with E-state index in [2.05, 4.69) is 27.1 Å². The van der Waals surface area contributed by atoms with E-state index in [-0.39, 0.29) is 0 Å². The van der Waals surface area contributed by atoms with E-state index in [9.17, 15) is 0 Å². The first kappa shape index (κ1) is 15.1. The molecule has 1 aliphatic carbocycles. The Kier molecular flexibility index (Phi) is 4.67. The Balaban J connectivity index is 1.65. The molecule has 0 radical (unpaired) electrons. The molecule has 1 saturated carbocycles. The Hall–Kier alpha value is -0.840. The summed E-state index contributed by atoms with van der Waals surface area (Å²) in [6.45, 7) is 5.73. The molecule has 3 rings (SSSR count). The molecule has 1 aliphatic heterocycles. The van der Waals surface area contributed by atoms with Crippen LogP contribution in [0.2, 0.25) is 5.02 Å². The van der Waals surface area contributed by atoms with Gasteiger partial charge in [-0.25, -0.2) is 4.98 Å². The molecule has 0 atom stereocenters. The van der Waals surface area contributed by atoms with Crippen LogP contribution in [0.25, 0.3) is 0 Å². The molecular weight excluding hydrogens is 284 g/mol. The van der Waals surface area contributed by atoms with Crippen LogP contribution in [0.3, 0.4) is 0 Å². The number of rotatable bonds is 4. The molecule has 0 spiro atoms.